The summed E-state index contributed by atoms with van der Waals surface area (Å²) in [6.07, 6.45) is 1.91. The fourth-order valence-corrected chi connectivity index (χ4v) is 5.46. The molecular formula is C25H26N2O2S. The van der Waals surface area contributed by atoms with E-state index in [1.807, 2.05) is 68.5 Å². The molecule has 4 rings (SSSR count). The van der Waals surface area contributed by atoms with Gasteiger partial charge in [0.25, 0.3) is 10.0 Å². The molecule has 1 atom stereocenters. The van der Waals surface area contributed by atoms with Gasteiger partial charge >= 0.3 is 0 Å². The normalized spacial score (nSPS) is 18.6. The minimum absolute atomic E-state index is 0.0856. The van der Waals surface area contributed by atoms with Crippen LogP contribution in [0.2, 0.25) is 0 Å². The first-order chi connectivity index (χ1) is 14.5. The Morgan fingerprint density at radius 1 is 0.867 bits per heavy atom. The molecule has 3 aromatic carbocycles. The molecule has 1 unspecified atom stereocenters. The van der Waals surface area contributed by atoms with E-state index < -0.39 is 10.0 Å². The second-order valence-electron chi connectivity index (χ2n) is 7.52. The maximum Gasteiger partial charge on any atom is 0.264 e. The smallest absolute Gasteiger partial charge is 0.264 e. The van der Waals surface area contributed by atoms with Crippen molar-refractivity contribution in [1.29, 1.82) is 0 Å². The Labute approximate surface area is 179 Å². The van der Waals surface area contributed by atoms with Crippen LogP contribution in [0.1, 0.15) is 24.1 Å². The molecule has 1 heterocycles. The van der Waals surface area contributed by atoms with Gasteiger partial charge in [0, 0.05) is 11.4 Å². The van der Waals surface area contributed by atoms with Crippen molar-refractivity contribution in [1.82, 2.24) is 4.31 Å². The molecule has 0 N–H and O–H groups in total. The number of rotatable bonds is 4. The molecule has 0 amide bonds. The van der Waals surface area contributed by atoms with Gasteiger partial charge in [-0.25, -0.2) is 8.42 Å². The SMILES string of the molecule is C/C=C1\CN(c2ccccc2)C(c2ccccc2)CN1S(=O)(=O)c1ccc(C)cc1. The van der Waals surface area contributed by atoms with Crippen LogP contribution < -0.4 is 4.90 Å². The minimum Gasteiger partial charge on any atom is -0.357 e. The van der Waals surface area contributed by atoms with E-state index in [1.165, 1.54) is 0 Å². The van der Waals surface area contributed by atoms with Crippen LogP contribution in [-0.4, -0.2) is 25.8 Å². The van der Waals surface area contributed by atoms with Crippen molar-refractivity contribution in [2.45, 2.75) is 24.8 Å². The Bertz CT molecular complexity index is 1120. The van der Waals surface area contributed by atoms with Crippen molar-refractivity contribution in [3.05, 3.63) is 108 Å². The fourth-order valence-electron chi connectivity index (χ4n) is 3.91. The van der Waals surface area contributed by atoms with Gasteiger partial charge in [-0.05, 0) is 43.7 Å². The van der Waals surface area contributed by atoms with Crippen LogP contribution in [0.3, 0.4) is 0 Å². The first-order valence-electron chi connectivity index (χ1n) is 10.1. The largest absolute Gasteiger partial charge is 0.357 e. The molecule has 1 aliphatic heterocycles. The van der Waals surface area contributed by atoms with Crippen LogP contribution in [0, 0.1) is 6.92 Å². The van der Waals surface area contributed by atoms with Crippen LogP contribution >= 0.6 is 0 Å². The average Bonchev–Trinajstić information content (AvgIpc) is 2.79. The van der Waals surface area contributed by atoms with Gasteiger partial charge in [0.2, 0.25) is 0 Å². The van der Waals surface area contributed by atoms with Crippen molar-refractivity contribution < 1.29 is 8.42 Å². The number of benzene rings is 3. The molecule has 5 heteroatoms. The highest BCUT2D eigenvalue weighted by atomic mass is 32.2. The zero-order chi connectivity index (χ0) is 21.1. The fraction of sp³-hybridized carbons (Fsp3) is 0.200. The van der Waals surface area contributed by atoms with Gasteiger partial charge < -0.3 is 4.90 Å². The molecule has 0 saturated carbocycles. The molecule has 30 heavy (non-hydrogen) atoms. The summed E-state index contributed by atoms with van der Waals surface area (Å²) in [7, 11) is -3.65. The first kappa shape index (κ1) is 20.2. The summed E-state index contributed by atoms with van der Waals surface area (Å²) in [6.45, 7) is 4.73. The number of anilines is 1. The Balaban J connectivity index is 1.78. The van der Waals surface area contributed by atoms with Gasteiger partial charge in [0.15, 0.2) is 0 Å². The molecule has 154 valence electrons. The molecular weight excluding hydrogens is 392 g/mol. The molecule has 1 fully saturated rings. The van der Waals surface area contributed by atoms with Gasteiger partial charge in [0.05, 0.1) is 24.0 Å². The van der Waals surface area contributed by atoms with Crippen molar-refractivity contribution in [2.75, 3.05) is 18.0 Å². The zero-order valence-corrected chi connectivity index (χ0v) is 18.1. The minimum atomic E-state index is -3.65. The highest BCUT2D eigenvalue weighted by Gasteiger charge is 2.37. The number of para-hydroxylation sites is 1. The number of hydrogen-bond donors (Lipinski definition) is 0. The molecule has 0 aliphatic carbocycles. The standard InChI is InChI=1S/C25H26N2O2S/c1-3-22-18-26(23-12-8-5-9-13-23)25(21-10-6-4-7-11-21)19-27(22)30(28,29)24-16-14-20(2)15-17-24/h3-17,25H,18-19H2,1-2H3/b22-3+. The maximum atomic E-state index is 13.6. The summed E-state index contributed by atoms with van der Waals surface area (Å²) in [5.41, 5.74) is 4.00. The van der Waals surface area contributed by atoms with Crippen molar-refractivity contribution in [2.24, 2.45) is 0 Å². The summed E-state index contributed by atoms with van der Waals surface area (Å²) < 4.78 is 28.7. The summed E-state index contributed by atoms with van der Waals surface area (Å²) in [4.78, 5) is 2.61. The number of sulfonamides is 1. The van der Waals surface area contributed by atoms with E-state index in [4.69, 9.17) is 0 Å². The Kier molecular flexibility index (Phi) is 5.64. The lowest BCUT2D eigenvalue weighted by Gasteiger charge is -2.44. The molecule has 3 aromatic rings. The Morgan fingerprint density at radius 3 is 2.07 bits per heavy atom. The van der Waals surface area contributed by atoms with E-state index in [1.54, 1.807) is 16.4 Å². The van der Waals surface area contributed by atoms with Crippen LogP contribution in [0.15, 0.2) is 102 Å². The number of piperazine rings is 1. The van der Waals surface area contributed by atoms with E-state index in [-0.39, 0.29) is 6.04 Å². The van der Waals surface area contributed by atoms with Crippen molar-refractivity contribution in [3.63, 3.8) is 0 Å². The monoisotopic (exact) mass is 418 g/mol. The summed E-state index contributed by atoms with van der Waals surface area (Å²) >= 11 is 0. The number of allylic oxidation sites excluding steroid dienone is 1. The zero-order valence-electron chi connectivity index (χ0n) is 17.3. The molecule has 1 saturated heterocycles. The lowest BCUT2D eigenvalue weighted by molar-refractivity contribution is 0.388. The summed E-state index contributed by atoms with van der Waals surface area (Å²) in [6, 6.07) is 27.3. The molecule has 0 spiro atoms. The van der Waals surface area contributed by atoms with Crippen LogP contribution in [0.4, 0.5) is 5.69 Å². The average molecular weight is 419 g/mol. The van der Waals surface area contributed by atoms with E-state index in [0.29, 0.717) is 18.0 Å². The number of nitrogens with zero attached hydrogens (tertiary/aromatic N) is 2. The van der Waals surface area contributed by atoms with Gasteiger partial charge in [0.1, 0.15) is 0 Å². The van der Waals surface area contributed by atoms with E-state index in [2.05, 4.69) is 29.2 Å². The molecule has 0 bridgehead atoms. The second-order valence-corrected chi connectivity index (χ2v) is 9.38. The highest BCUT2D eigenvalue weighted by Crippen LogP contribution is 2.36. The van der Waals surface area contributed by atoms with Crippen molar-refractivity contribution in [3.8, 4) is 0 Å². The molecule has 1 aliphatic rings. The summed E-state index contributed by atoms with van der Waals surface area (Å²) in [5.74, 6) is 0. The lowest BCUT2D eigenvalue weighted by atomic mass is 10.0. The van der Waals surface area contributed by atoms with Gasteiger partial charge in [-0.1, -0.05) is 72.3 Å². The Hall–Kier alpha value is -3.05. The summed E-state index contributed by atoms with van der Waals surface area (Å²) in [5, 5.41) is 0. The molecule has 4 nitrogen and oxygen atoms in total. The lowest BCUT2D eigenvalue weighted by Crippen LogP contribution is -2.49. The molecule has 0 radical (unpaired) electrons. The topological polar surface area (TPSA) is 40.6 Å². The van der Waals surface area contributed by atoms with Gasteiger partial charge in [-0.15, -0.1) is 0 Å². The Morgan fingerprint density at radius 2 is 1.47 bits per heavy atom. The predicted molar refractivity (Wildman–Crippen MR) is 122 cm³/mol. The molecule has 0 aromatic heterocycles. The van der Waals surface area contributed by atoms with Crippen LogP contribution in [0.25, 0.3) is 0 Å². The maximum absolute atomic E-state index is 13.6. The van der Waals surface area contributed by atoms with Crippen LogP contribution in [0.5, 0.6) is 0 Å². The number of aryl methyl sites for hydroxylation is 1. The third-order valence-corrected chi connectivity index (χ3v) is 7.41. The second kappa shape index (κ2) is 8.36. The van der Waals surface area contributed by atoms with Gasteiger partial charge in [-0.2, -0.15) is 0 Å². The van der Waals surface area contributed by atoms with Gasteiger partial charge in [-0.3, -0.25) is 4.31 Å². The van der Waals surface area contributed by atoms with Crippen molar-refractivity contribution >= 4 is 15.7 Å². The first-order valence-corrected chi connectivity index (χ1v) is 11.6. The number of hydrogen-bond acceptors (Lipinski definition) is 3. The third kappa shape index (κ3) is 3.85. The highest BCUT2D eigenvalue weighted by molar-refractivity contribution is 7.89. The van der Waals surface area contributed by atoms with E-state index in [0.717, 1.165) is 22.5 Å². The van der Waals surface area contributed by atoms with E-state index >= 15 is 0 Å². The predicted octanol–water partition coefficient (Wildman–Crippen LogP) is 5.15. The van der Waals surface area contributed by atoms with E-state index in [9.17, 15) is 8.42 Å². The van der Waals surface area contributed by atoms with Crippen LogP contribution in [-0.2, 0) is 10.0 Å². The third-order valence-electron chi connectivity index (χ3n) is 5.58. The quantitative estimate of drug-likeness (QED) is 0.588.